The van der Waals surface area contributed by atoms with Gasteiger partial charge in [0.1, 0.15) is 0 Å². The van der Waals surface area contributed by atoms with E-state index in [0.717, 1.165) is 32.7 Å². The van der Waals surface area contributed by atoms with E-state index in [4.69, 9.17) is 0 Å². The van der Waals surface area contributed by atoms with Crippen molar-refractivity contribution in [2.24, 2.45) is 0 Å². The molecule has 1 saturated heterocycles. The number of nitrogens with zero attached hydrogens (tertiary/aromatic N) is 2. The Balaban J connectivity index is 2.27. The SMILES string of the molecule is COC(=O)CCN1CCN(CCC(=O)OC)[C@@H](C)C1. The minimum absolute atomic E-state index is 0.166. The zero-order valence-electron chi connectivity index (χ0n) is 12.1. The third-order valence-electron chi connectivity index (χ3n) is 3.54. The van der Waals surface area contributed by atoms with E-state index < -0.39 is 0 Å². The zero-order valence-corrected chi connectivity index (χ0v) is 12.1. The maximum Gasteiger partial charge on any atom is 0.306 e. The molecule has 0 aromatic rings. The minimum atomic E-state index is -0.166. The van der Waals surface area contributed by atoms with E-state index in [9.17, 15) is 9.59 Å². The van der Waals surface area contributed by atoms with Crippen LogP contribution in [0.1, 0.15) is 19.8 Å². The molecule has 0 unspecified atom stereocenters. The molecule has 0 radical (unpaired) electrons. The number of piperazine rings is 1. The van der Waals surface area contributed by atoms with Gasteiger partial charge >= 0.3 is 11.9 Å². The first-order valence-electron chi connectivity index (χ1n) is 6.67. The molecule has 0 N–H and O–H groups in total. The predicted molar refractivity (Wildman–Crippen MR) is 70.7 cm³/mol. The van der Waals surface area contributed by atoms with E-state index in [1.807, 2.05) is 0 Å². The van der Waals surface area contributed by atoms with Crippen LogP contribution in [0.2, 0.25) is 0 Å². The molecule has 110 valence electrons. The van der Waals surface area contributed by atoms with E-state index in [1.165, 1.54) is 14.2 Å². The van der Waals surface area contributed by atoms with Crippen molar-refractivity contribution in [1.29, 1.82) is 0 Å². The molecule has 0 aliphatic carbocycles. The highest BCUT2D eigenvalue weighted by Gasteiger charge is 2.24. The number of rotatable bonds is 6. The number of carbonyl (C=O) groups is 2. The van der Waals surface area contributed by atoms with Gasteiger partial charge in [-0.05, 0) is 6.92 Å². The normalized spacial score (nSPS) is 21.1. The van der Waals surface area contributed by atoms with Crippen LogP contribution >= 0.6 is 0 Å². The Hall–Kier alpha value is -1.14. The smallest absolute Gasteiger partial charge is 0.306 e. The summed E-state index contributed by atoms with van der Waals surface area (Å²) < 4.78 is 9.29. The lowest BCUT2D eigenvalue weighted by molar-refractivity contribution is -0.142. The fourth-order valence-electron chi connectivity index (χ4n) is 2.29. The largest absolute Gasteiger partial charge is 0.469 e. The van der Waals surface area contributed by atoms with E-state index in [0.29, 0.717) is 18.9 Å². The average molecular weight is 272 g/mol. The van der Waals surface area contributed by atoms with Crippen LogP contribution in [0.25, 0.3) is 0 Å². The predicted octanol–water partition coefficient (Wildman–Crippen LogP) is 0.119. The maximum atomic E-state index is 11.1. The van der Waals surface area contributed by atoms with Crippen molar-refractivity contribution >= 4 is 11.9 Å². The van der Waals surface area contributed by atoms with E-state index in [1.54, 1.807) is 0 Å². The van der Waals surface area contributed by atoms with Crippen molar-refractivity contribution in [3.63, 3.8) is 0 Å². The molecule has 1 atom stereocenters. The second-order valence-corrected chi connectivity index (χ2v) is 4.84. The highest BCUT2D eigenvalue weighted by atomic mass is 16.5. The number of methoxy groups -OCH3 is 2. The summed E-state index contributed by atoms with van der Waals surface area (Å²) in [5.41, 5.74) is 0. The molecule has 6 heteroatoms. The minimum Gasteiger partial charge on any atom is -0.469 e. The Bertz CT molecular complexity index is 309. The molecule has 0 saturated carbocycles. The number of esters is 2. The van der Waals surface area contributed by atoms with Crippen molar-refractivity contribution in [2.45, 2.75) is 25.8 Å². The van der Waals surface area contributed by atoms with Gasteiger partial charge in [0.2, 0.25) is 0 Å². The molecule has 0 amide bonds. The van der Waals surface area contributed by atoms with Gasteiger partial charge in [0.15, 0.2) is 0 Å². The second-order valence-electron chi connectivity index (χ2n) is 4.84. The standard InChI is InChI=1S/C13H24N2O4/c1-11-10-14(6-4-12(16)18-2)8-9-15(11)7-5-13(17)19-3/h11H,4-10H2,1-3H3/t11-/m0/s1. The lowest BCUT2D eigenvalue weighted by Crippen LogP contribution is -2.52. The topological polar surface area (TPSA) is 59.1 Å². The fourth-order valence-corrected chi connectivity index (χ4v) is 2.29. The van der Waals surface area contributed by atoms with Gasteiger partial charge in [0.25, 0.3) is 0 Å². The Morgan fingerprint density at radius 3 is 2.16 bits per heavy atom. The Morgan fingerprint density at radius 2 is 1.63 bits per heavy atom. The van der Waals surface area contributed by atoms with Gasteiger partial charge in [-0.25, -0.2) is 0 Å². The maximum absolute atomic E-state index is 11.1. The van der Waals surface area contributed by atoms with E-state index in [2.05, 4.69) is 26.2 Å². The summed E-state index contributed by atoms with van der Waals surface area (Å²) in [6.07, 6.45) is 0.869. The van der Waals surface area contributed by atoms with Crippen molar-refractivity contribution in [2.75, 3.05) is 46.9 Å². The van der Waals surface area contributed by atoms with Gasteiger partial charge in [-0.3, -0.25) is 19.4 Å². The quantitative estimate of drug-likeness (QED) is 0.640. The van der Waals surface area contributed by atoms with Gasteiger partial charge in [-0.15, -0.1) is 0 Å². The highest BCUT2D eigenvalue weighted by Crippen LogP contribution is 2.10. The lowest BCUT2D eigenvalue weighted by atomic mass is 10.1. The average Bonchev–Trinajstić information content (AvgIpc) is 2.43. The van der Waals surface area contributed by atoms with Crippen LogP contribution in [-0.4, -0.2) is 74.7 Å². The van der Waals surface area contributed by atoms with Crippen molar-refractivity contribution in [3.05, 3.63) is 0 Å². The summed E-state index contributed by atoms with van der Waals surface area (Å²) in [6, 6.07) is 0.385. The van der Waals surface area contributed by atoms with Crippen LogP contribution in [0.5, 0.6) is 0 Å². The second kappa shape index (κ2) is 8.12. The lowest BCUT2D eigenvalue weighted by Gasteiger charge is -2.39. The molecule has 1 heterocycles. The first-order chi connectivity index (χ1) is 9.06. The van der Waals surface area contributed by atoms with Gasteiger partial charge in [0.05, 0.1) is 27.1 Å². The van der Waals surface area contributed by atoms with Crippen molar-refractivity contribution < 1.29 is 19.1 Å². The molecule has 1 fully saturated rings. The molecule has 0 aromatic carbocycles. The highest BCUT2D eigenvalue weighted by molar-refractivity contribution is 5.69. The van der Waals surface area contributed by atoms with Gasteiger partial charge in [-0.2, -0.15) is 0 Å². The third kappa shape index (κ3) is 5.57. The Kier molecular flexibility index (Phi) is 6.80. The van der Waals surface area contributed by atoms with Crippen LogP contribution in [0.3, 0.4) is 0 Å². The van der Waals surface area contributed by atoms with E-state index >= 15 is 0 Å². The number of hydrogen-bond acceptors (Lipinski definition) is 6. The Morgan fingerprint density at radius 1 is 1.05 bits per heavy atom. The fraction of sp³-hybridized carbons (Fsp3) is 0.846. The van der Waals surface area contributed by atoms with Gasteiger partial charge < -0.3 is 9.47 Å². The molecular formula is C13H24N2O4. The first-order valence-corrected chi connectivity index (χ1v) is 6.67. The summed E-state index contributed by atoms with van der Waals surface area (Å²) >= 11 is 0. The first kappa shape index (κ1) is 15.9. The molecule has 1 aliphatic rings. The molecule has 0 aromatic heterocycles. The van der Waals surface area contributed by atoms with Gasteiger partial charge in [0, 0.05) is 38.8 Å². The summed E-state index contributed by atoms with van der Waals surface area (Å²) in [5.74, 6) is -0.332. The summed E-state index contributed by atoms with van der Waals surface area (Å²) in [6.45, 7) is 6.36. The van der Waals surface area contributed by atoms with Crippen molar-refractivity contribution in [1.82, 2.24) is 9.80 Å². The van der Waals surface area contributed by atoms with Crippen LogP contribution in [0, 0.1) is 0 Å². The van der Waals surface area contributed by atoms with Crippen LogP contribution < -0.4 is 0 Å². The van der Waals surface area contributed by atoms with Crippen LogP contribution in [-0.2, 0) is 19.1 Å². The van der Waals surface area contributed by atoms with Crippen LogP contribution in [0.4, 0.5) is 0 Å². The van der Waals surface area contributed by atoms with E-state index in [-0.39, 0.29) is 11.9 Å². The zero-order chi connectivity index (χ0) is 14.3. The third-order valence-corrected chi connectivity index (χ3v) is 3.54. The monoisotopic (exact) mass is 272 g/mol. The number of hydrogen-bond donors (Lipinski definition) is 0. The summed E-state index contributed by atoms with van der Waals surface area (Å²) in [5, 5.41) is 0. The summed E-state index contributed by atoms with van der Waals surface area (Å²) in [4.78, 5) is 26.8. The number of ether oxygens (including phenoxy) is 2. The summed E-state index contributed by atoms with van der Waals surface area (Å²) in [7, 11) is 2.83. The van der Waals surface area contributed by atoms with Gasteiger partial charge in [-0.1, -0.05) is 0 Å². The Labute approximate surface area is 114 Å². The molecule has 0 spiro atoms. The molecule has 0 bridgehead atoms. The van der Waals surface area contributed by atoms with Crippen molar-refractivity contribution in [3.8, 4) is 0 Å². The molecule has 6 nitrogen and oxygen atoms in total. The molecule has 1 rings (SSSR count). The molecule has 1 aliphatic heterocycles. The molecule has 19 heavy (non-hydrogen) atoms. The molecular weight excluding hydrogens is 248 g/mol. The number of carbonyl (C=O) groups excluding carboxylic acids is 2. The van der Waals surface area contributed by atoms with Crippen LogP contribution in [0.15, 0.2) is 0 Å².